The van der Waals surface area contributed by atoms with E-state index in [1.165, 1.54) is 4.40 Å². The van der Waals surface area contributed by atoms with E-state index in [0.717, 1.165) is 4.68 Å². The molecule has 0 saturated carbocycles. The van der Waals surface area contributed by atoms with Crippen molar-refractivity contribution in [1.29, 1.82) is 0 Å². The van der Waals surface area contributed by atoms with E-state index in [1.54, 1.807) is 31.3 Å². The molecule has 2 heterocycles. The number of hydrogen-bond donors (Lipinski definition) is 2. The Bertz CT molecular complexity index is 615. The number of pyridine rings is 1. The Morgan fingerprint density at radius 3 is 3.00 bits per heavy atom. The Hall–Kier alpha value is -2.15. The lowest BCUT2D eigenvalue weighted by Crippen LogP contribution is -2.41. The molecule has 7 heteroatoms. The molecule has 3 N–H and O–H groups in total. The summed E-state index contributed by atoms with van der Waals surface area (Å²) >= 11 is 0. The minimum atomic E-state index is -0.332. The summed E-state index contributed by atoms with van der Waals surface area (Å²) in [6, 6.07) is 5.10. The van der Waals surface area contributed by atoms with Crippen molar-refractivity contribution in [2.24, 2.45) is 5.73 Å². The maximum absolute atomic E-state index is 11.9. The summed E-state index contributed by atoms with van der Waals surface area (Å²) in [5.74, 6) is -0.279. The van der Waals surface area contributed by atoms with Crippen LogP contribution in [-0.2, 0) is 11.3 Å². The molecule has 0 aromatic carbocycles. The van der Waals surface area contributed by atoms with E-state index in [9.17, 15) is 9.59 Å². The lowest BCUT2D eigenvalue weighted by molar-refractivity contribution is -0.122. The van der Waals surface area contributed by atoms with Crippen LogP contribution in [0.25, 0.3) is 5.65 Å². The number of hydrogen-bond acceptors (Lipinski definition) is 4. The first-order valence-corrected chi connectivity index (χ1v) is 5.65. The number of nitrogens with two attached hydrogens (primary N) is 1. The van der Waals surface area contributed by atoms with E-state index in [-0.39, 0.29) is 24.2 Å². The van der Waals surface area contributed by atoms with Crippen molar-refractivity contribution in [3.8, 4) is 0 Å². The van der Waals surface area contributed by atoms with Crippen molar-refractivity contribution < 1.29 is 4.79 Å². The molecule has 1 atom stereocenters. The molecular formula is C11H15N5O2. The molecule has 0 aliphatic rings. The first kappa shape index (κ1) is 12.3. The summed E-state index contributed by atoms with van der Waals surface area (Å²) in [4.78, 5) is 23.5. The number of fused-ring (bicyclic) bond motifs is 1. The molecule has 2 aromatic heterocycles. The van der Waals surface area contributed by atoms with Crippen molar-refractivity contribution in [1.82, 2.24) is 19.5 Å². The average molecular weight is 249 g/mol. The molecule has 7 nitrogen and oxygen atoms in total. The number of amides is 1. The van der Waals surface area contributed by atoms with Gasteiger partial charge in [0.1, 0.15) is 6.54 Å². The normalized spacial score (nSPS) is 12.6. The monoisotopic (exact) mass is 249 g/mol. The van der Waals surface area contributed by atoms with Gasteiger partial charge in [0.2, 0.25) is 5.91 Å². The molecule has 0 aliphatic heterocycles. The number of nitrogens with one attached hydrogen (secondary N) is 1. The SMILES string of the molecule is C[C@@H](CN)NC(=O)Cn1nc2ccccn2c1=O. The number of rotatable bonds is 4. The smallest absolute Gasteiger partial charge is 0.350 e. The third-order valence-electron chi connectivity index (χ3n) is 2.54. The zero-order valence-electron chi connectivity index (χ0n) is 10.0. The van der Waals surface area contributed by atoms with E-state index in [0.29, 0.717) is 12.2 Å². The van der Waals surface area contributed by atoms with Gasteiger partial charge in [-0.2, -0.15) is 0 Å². The predicted molar refractivity (Wildman–Crippen MR) is 66.1 cm³/mol. The van der Waals surface area contributed by atoms with Crippen molar-refractivity contribution in [2.45, 2.75) is 19.5 Å². The zero-order chi connectivity index (χ0) is 13.1. The first-order chi connectivity index (χ1) is 8.61. The minimum Gasteiger partial charge on any atom is -0.351 e. The third kappa shape index (κ3) is 2.40. The lowest BCUT2D eigenvalue weighted by Gasteiger charge is -2.10. The molecule has 0 spiro atoms. The Morgan fingerprint density at radius 1 is 1.56 bits per heavy atom. The molecule has 0 saturated heterocycles. The van der Waals surface area contributed by atoms with Crippen LogP contribution < -0.4 is 16.7 Å². The van der Waals surface area contributed by atoms with Gasteiger partial charge in [0.15, 0.2) is 5.65 Å². The van der Waals surface area contributed by atoms with Gasteiger partial charge in [-0.15, -0.1) is 5.10 Å². The largest absolute Gasteiger partial charge is 0.351 e. The van der Waals surface area contributed by atoms with Crippen LogP contribution in [0.1, 0.15) is 6.92 Å². The zero-order valence-corrected chi connectivity index (χ0v) is 10.0. The Balaban J connectivity index is 2.20. The van der Waals surface area contributed by atoms with E-state index >= 15 is 0 Å². The number of carbonyl (C=O) groups is 1. The summed E-state index contributed by atoms with van der Waals surface area (Å²) in [5, 5.41) is 6.74. The predicted octanol–water partition coefficient (Wildman–Crippen LogP) is -1.04. The van der Waals surface area contributed by atoms with Crippen LogP contribution in [0, 0.1) is 0 Å². The van der Waals surface area contributed by atoms with Gasteiger partial charge >= 0.3 is 5.69 Å². The maximum Gasteiger partial charge on any atom is 0.350 e. The summed E-state index contributed by atoms with van der Waals surface area (Å²) in [7, 11) is 0. The number of aromatic nitrogens is 3. The lowest BCUT2D eigenvalue weighted by atomic mass is 10.3. The van der Waals surface area contributed by atoms with Crippen LogP contribution in [-0.4, -0.2) is 32.7 Å². The fourth-order valence-electron chi connectivity index (χ4n) is 1.59. The Labute approximate surface area is 103 Å². The molecule has 2 aromatic rings. The fraction of sp³-hybridized carbons (Fsp3) is 0.364. The molecule has 18 heavy (non-hydrogen) atoms. The fourth-order valence-corrected chi connectivity index (χ4v) is 1.59. The topological polar surface area (TPSA) is 94.4 Å². The second-order valence-electron chi connectivity index (χ2n) is 4.07. The van der Waals surface area contributed by atoms with Crippen LogP contribution >= 0.6 is 0 Å². The van der Waals surface area contributed by atoms with E-state index in [4.69, 9.17) is 5.73 Å². The van der Waals surface area contributed by atoms with Gasteiger partial charge in [-0.1, -0.05) is 6.07 Å². The van der Waals surface area contributed by atoms with Crippen molar-refractivity contribution in [2.75, 3.05) is 6.54 Å². The highest BCUT2D eigenvalue weighted by Gasteiger charge is 2.11. The average Bonchev–Trinajstić information content (AvgIpc) is 2.66. The molecule has 0 bridgehead atoms. The molecule has 0 fully saturated rings. The van der Waals surface area contributed by atoms with Crippen LogP contribution in [0.3, 0.4) is 0 Å². The molecule has 0 unspecified atom stereocenters. The standard InChI is InChI=1S/C11H15N5O2/c1-8(6-12)13-10(17)7-16-11(18)15-5-3-2-4-9(15)14-16/h2-5,8H,6-7,12H2,1H3,(H,13,17)/t8-/m0/s1. The van der Waals surface area contributed by atoms with Crippen LogP contribution in [0.4, 0.5) is 0 Å². The van der Waals surface area contributed by atoms with Gasteiger partial charge in [-0.3, -0.25) is 9.20 Å². The Kier molecular flexibility index (Phi) is 3.42. The molecular weight excluding hydrogens is 234 g/mol. The second kappa shape index (κ2) is 5.01. The number of carbonyl (C=O) groups excluding carboxylic acids is 1. The van der Waals surface area contributed by atoms with E-state index in [1.807, 2.05) is 0 Å². The van der Waals surface area contributed by atoms with Crippen LogP contribution in [0.2, 0.25) is 0 Å². The van der Waals surface area contributed by atoms with Gasteiger partial charge in [0.25, 0.3) is 0 Å². The highest BCUT2D eigenvalue weighted by atomic mass is 16.2. The summed E-state index contributed by atoms with van der Waals surface area (Å²) in [5.41, 5.74) is 5.59. The summed E-state index contributed by atoms with van der Waals surface area (Å²) in [6.45, 7) is 2.04. The highest BCUT2D eigenvalue weighted by molar-refractivity contribution is 5.75. The molecule has 2 rings (SSSR count). The first-order valence-electron chi connectivity index (χ1n) is 5.65. The van der Waals surface area contributed by atoms with Gasteiger partial charge < -0.3 is 11.1 Å². The van der Waals surface area contributed by atoms with Crippen LogP contribution in [0.5, 0.6) is 0 Å². The molecule has 0 aliphatic carbocycles. The van der Waals surface area contributed by atoms with Crippen molar-refractivity contribution >= 4 is 11.6 Å². The van der Waals surface area contributed by atoms with Gasteiger partial charge in [-0.25, -0.2) is 9.48 Å². The van der Waals surface area contributed by atoms with Gasteiger partial charge in [-0.05, 0) is 19.1 Å². The van der Waals surface area contributed by atoms with Gasteiger partial charge in [0.05, 0.1) is 0 Å². The third-order valence-corrected chi connectivity index (χ3v) is 2.54. The van der Waals surface area contributed by atoms with Crippen LogP contribution in [0.15, 0.2) is 29.2 Å². The molecule has 1 amide bonds. The quantitative estimate of drug-likeness (QED) is 0.723. The van der Waals surface area contributed by atoms with E-state index in [2.05, 4.69) is 10.4 Å². The second-order valence-corrected chi connectivity index (χ2v) is 4.07. The summed E-state index contributed by atoms with van der Waals surface area (Å²) in [6.07, 6.45) is 1.61. The Morgan fingerprint density at radius 2 is 2.33 bits per heavy atom. The van der Waals surface area contributed by atoms with Crippen molar-refractivity contribution in [3.63, 3.8) is 0 Å². The number of nitrogens with zero attached hydrogens (tertiary/aromatic N) is 3. The molecule has 0 radical (unpaired) electrons. The maximum atomic E-state index is 11.9. The summed E-state index contributed by atoms with van der Waals surface area (Å²) < 4.78 is 2.52. The molecule has 96 valence electrons. The van der Waals surface area contributed by atoms with E-state index < -0.39 is 0 Å². The highest BCUT2D eigenvalue weighted by Crippen LogP contribution is 1.94. The minimum absolute atomic E-state index is 0.106. The van der Waals surface area contributed by atoms with Crippen molar-refractivity contribution in [3.05, 3.63) is 34.9 Å². The van der Waals surface area contributed by atoms with Gasteiger partial charge in [0, 0.05) is 18.8 Å².